The molecule has 164 valence electrons. The van der Waals surface area contributed by atoms with Crippen molar-refractivity contribution >= 4 is 29.4 Å². The monoisotopic (exact) mass is 453 g/mol. The number of amides is 1. The number of hydrazone groups is 1. The Kier molecular flexibility index (Phi) is 7.77. The molecule has 0 aliphatic carbocycles. The van der Waals surface area contributed by atoms with Crippen LogP contribution in [0.2, 0.25) is 5.02 Å². The quantitative estimate of drug-likeness (QED) is 0.279. The summed E-state index contributed by atoms with van der Waals surface area (Å²) in [5, 5.41) is 15.4. The number of benzene rings is 3. The molecule has 0 aliphatic heterocycles. The van der Waals surface area contributed by atoms with Gasteiger partial charge in [-0.25, -0.2) is 5.43 Å². The Bertz CT molecular complexity index is 1150. The van der Waals surface area contributed by atoms with Gasteiger partial charge in [0, 0.05) is 28.3 Å². The van der Waals surface area contributed by atoms with Crippen LogP contribution in [-0.4, -0.2) is 23.7 Å². The lowest BCUT2D eigenvalue weighted by Crippen LogP contribution is -2.17. The number of carbonyl (C=O) groups is 1. The van der Waals surface area contributed by atoms with Gasteiger partial charge in [0.25, 0.3) is 11.6 Å². The Labute approximate surface area is 189 Å². The second-order valence-electron chi connectivity index (χ2n) is 6.53. The van der Waals surface area contributed by atoms with Gasteiger partial charge in [-0.3, -0.25) is 14.9 Å². The standard InChI is InChI=1S/C23H20ClN3O5/c1-2-31-22-12-16(10-11-21(22)32-15-18-6-3-4-9-20(18)24)14-25-26-23(28)17-7-5-8-19(13-17)27(29)30/h3-14H,2,15H2,1H3,(H,26,28)/b25-14+. The van der Waals surface area contributed by atoms with Crippen LogP contribution in [0, 0.1) is 10.1 Å². The number of carbonyl (C=O) groups excluding carboxylic acids is 1. The number of hydrogen-bond donors (Lipinski definition) is 1. The van der Waals surface area contributed by atoms with Crippen molar-refractivity contribution in [1.29, 1.82) is 0 Å². The Morgan fingerprint density at radius 3 is 2.66 bits per heavy atom. The molecular weight excluding hydrogens is 434 g/mol. The third-order valence-electron chi connectivity index (χ3n) is 4.31. The average molecular weight is 454 g/mol. The van der Waals surface area contributed by atoms with Gasteiger partial charge in [0.1, 0.15) is 6.61 Å². The molecule has 3 aromatic carbocycles. The van der Waals surface area contributed by atoms with Crippen molar-refractivity contribution in [3.05, 3.63) is 98.6 Å². The summed E-state index contributed by atoms with van der Waals surface area (Å²) in [5.41, 5.74) is 3.83. The highest BCUT2D eigenvalue weighted by Crippen LogP contribution is 2.29. The minimum Gasteiger partial charge on any atom is -0.490 e. The van der Waals surface area contributed by atoms with Gasteiger partial charge in [0.2, 0.25) is 0 Å². The second kappa shape index (κ2) is 10.9. The van der Waals surface area contributed by atoms with Gasteiger partial charge in [-0.2, -0.15) is 5.10 Å². The van der Waals surface area contributed by atoms with Crippen molar-refractivity contribution < 1.29 is 19.2 Å². The molecule has 1 amide bonds. The zero-order chi connectivity index (χ0) is 22.9. The smallest absolute Gasteiger partial charge is 0.271 e. The van der Waals surface area contributed by atoms with E-state index in [0.717, 1.165) is 5.56 Å². The number of nitro groups is 1. The van der Waals surface area contributed by atoms with Crippen LogP contribution in [0.25, 0.3) is 0 Å². The highest BCUT2D eigenvalue weighted by atomic mass is 35.5. The van der Waals surface area contributed by atoms with E-state index in [-0.39, 0.29) is 17.9 Å². The van der Waals surface area contributed by atoms with Crippen LogP contribution < -0.4 is 14.9 Å². The summed E-state index contributed by atoms with van der Waals surface area (Å²) < 4.78 is 11.5. The minimum absolute atomic E-state index is 0.134. The lowest BCUT2D eigenvalue weighted by Gasteiger charge is -2.13. The van der Waals surface area contributed by atoms with Crippen LogP contribution in [0.15, 0.2) is 71.8 Å². The summed E-state index contributed by atoms with van der Waals surface area (Å²) in [7, 11) is 0. The summed E-state index contributed by atoms with van der Waals surface area (Å²) in [6.45, 7) is 2.58. The number of rotatable bonds is 9. The first-order valence-corrected chi connectivity index (χ1v) is 10.1. The van der Waals surface area contributed by atoms with Crippen LogP contribution >= 0.6 is 11.6 Å². The SMILES string of the molecule is CCOc1cc(/C=N/NC(=O)c2cccc([N+](=O)[O-])c2)ccc1OCc1ccccc1Cl. The van der Waals surface area contributed by atoms with E-state index in [2.05, 4.69) is 10.5 Å². The molecule has 0 saturated heterocycles. The van der Waals surface area contributed by atoms with E-state index in [0.29, 0.717) is 28.7 Å². The van der Waals surface area contributed by atoms with Crippen LogP contribution in [0.1, 0.15) is 28.4 Å². The fourth-order valence-electron chi connectivity index (χ4n) is 2.75. The van der Waals surface area contributed by atoms with Crippen LogP contribution in [0.4, 0.5) is 5.69 Å². The molecule has 0 bridgehead atoms. The molecular formula is C23H20ClN3O5. The van der Waals surface area contributed by atoms with Crippen molar-refractivity contribution in [3.8, 4) is 11.5 Å². The van der Waals surface area contributed by atoms with Crippen LogP contribution in [0.5, 0.6) is 11.5 Å². The Morgan fingerprint density at radius 2 is 1.91 bits per heavy atom. The van der Waals surface area contributed by atoms with Crippen molar-refractivity contribution in [3.63, 3.8) is 0 Å². The molecule has 0 aromatic heterocycles. The molecule has 1 N–H and O–H groups in total. The molecule has 0 aliphatic rings. The van der Waals surface area contributed by atoms with E-state index in [1.165, 1.54) is 30.5 Å². The number of nitrogens with one attached hydrogen (secondary N) is 1. The second-order valence-corrected chi connectivity index (χ2v) is 6.93. The van der Waals surface area contributed by atoms with Gasteiger partial charge in [-0.05, 0) is 42.8 Å². The zero-order valence-electron chi connectivity index (χ0n) is 17.2. The molecule has 0 fully saturated rings. The van der Waals surface area contributed by atoms with Crippen molar-refractivity contribution in [1.82, 2.24) is 5.43 Å². The molecule has 3 aromatic rings. The van der Waals surface area contributed by atoms with Crippen LogP contribution in [-0.2, 0) is 6.61 Å². The maximum absolute atomic E-state index is 12.2. The van der Waals surface area contributed by atoms with Gasteiger partial charge in [0.15, 0.2) is 11.5 Å². The van der Waals surface area contributed by atoms with E-state index >= 15 is 0 Å². The fourth-order valence-corrected chi connectivity index (χ4v) is 2.94. The number of halogens is 1. The van der Waals surface area contributed by atoms with Crippen molar-refractivity contribution in [2.75, 3.05) is 6.61 Å². The maximum atomic E-state index is 12.2. The molecule has 0 unspecified atom stereocenters. The topological polar surface area (TPSA) is 103 Å². The van der Waals surface area contributed by atoms with Gasteiger partial charge in [-0.15, -0.1) is 0 Å². The molecule has 0 radical (unpaired) electrons. The third kappa shape index (κ3) is 6.05. The summed E-state index contributed by atoms with van der Waals surface area (Å²) >= 11 is 6.17. The molecule has 0 saturated carbocycles. The molecule has 3 rings (SSSR count). The average Bonchev–Trinajstić information content (AvgIpc) is 2.79. The number of hydrogen-bond acceptors (Lipinski definition) is 6. The zero-order valence-corrected chi connectivity index (χ0v) is 17.9. The van der Waals surface area contributed by atoms with Gasteiger partial charge in [-0.1, -0.05) is 35.9 Å². The number of nitro benzene ring substituents is 1. The van der Waals surface area contributed by atoms with Gasteiger partial charge in [0.05, 0.1) is 17.7 Å². The lowest BCUT2D eigenvalue weighted by molar-refractivity contribution is -0.384. The molecule has 8 nitrogen and oxygen atoms in total. The normalized spacial score (nSPS) is 10.7. The highest BCUT2D eigenvalue weighted by molar-refractivity contribution is 6.31. The predicted octanol–water partition coefficient (Wildman–Crippen LogP) is 4.99. The van der Waals surface area contributed by atoms with Gasteiger partial charge >= 0.3 is 0 Å². The lowest BCUT2D eigenvalue weighted by atomic mass is 10.2. The first-order chi connectivity index (χ1) is 15.5. The first-order valence-electron chi connectivity index (χ1n) is 9.69. The summed E-state index contributed by atoms with van der Waals surface area (Å²) in [6.07, 6.45) is 1.44. The molecule has 9 heteroatoms. The van der Waals surface area contributed by atoms with E-state index in [9.17, 15) is 14.9 Å². The summed E-state index contributed by atoms with van der Waals surface area (Å²) in [5.74, 6) is 0.507. The first kappa shape index (κ1) is 22.8. The Hall–Kier alpha value is -3.91. The number of non-ortho nitro benzene ring substituents is 1. The summed E-state index contributed by atoms with van der Waals surface area (Å²) in [6, 6.07) is 18.0. The van der Waals surface area contributed by atoms with E-state index in [4.69, 9.17) is 21.1 Å². The summed E-state index contributed by atoms with van der Waals surface area (Å²) in [4.78, 5) is 22.5. The number of nitrogens with zero attached hydrogens (tertiary/aromatic N) is 2. The molecule has 0 spiro atoms. The fraction of sp³-hybridized carbons (Fsp3) is 0.130. The molecule has 0 heterocycles. The number of ether oxygens (including phenoxy) is 2. The van der Waals surface area contributed by atoms with Gasteiger partial charge < -0.3 is 9.47 Å². The van der Waals surface area contributed by atoms with Crippen molar-refractivity contribution in [2.24, 2.45) is 5.10 Å². The molecule has 32 heavy (non-hydrogen) atoms. The van der Waals surface area contributed by atoms with E-state index in [1.54, 1.807) is 24.3 Å². The highest BCUT2D eigenvalue weighted by Gasteiger charge is 2.11. The van der Waals surface area contributed by atoms with Crippen LogP contribution in [0.3, 0.4) is 0 Å². The van der Waals surface area contributed by atoms with Crippen molar-refractivity contribution in [2.45, 2.75) is 13.5 Å². The minimum atomic E-state index is -0.565. The Balaban J connectivity index is 1.67. The maximum Gasteiger partial charge on any atom is 0.271 e. The largest absolute Gasteiger partial charge is 0.490 e. The molecule has 0 atom stereocenters. The van der Waals surface area contributed by atoms with E-state index < -0.39 is 10.8 Å². The van der Waals surface area contributed by atoms with E-state index in [1.807, 2.05) is 25.1 Å². The Morgan fingerprint density at radius 1 is 1.09 bits per heavy atom. The predicted molar refractivity (Wildman–Crippen MR) is 122 cm³/mol. The third-order valence-corrected chi connectivity index (χ3v) is 4.68.